The molecule has 2 aromatic carbocycles. The van der Waals surface area contributed by atoms with E-state index in [9.17, 15) is 13.4 Å². The van der Waals surface area contributed by atoms with Crippen LogP contribution < -0.4 is 4.74 Å². The van der Waals surface area contributed by atoms with Gasteiger partial charge in [-0.1, -0.05) is 6.07 Å². The molecule has 1 aliphatic carbocycles. The molecule has 4 rings (SSSR count). The third-order valence-electron chi connectivity index (χ3n) is 5.60. The summed E-state index contributed by atoms with van der Waals surface area (Å²) in [5, 5.41) is 0. The number of fused-ring (bicyclic) bond motifs is 3. The van der Waals surface area contributed by atoms with Gasteiger partial charge in [-0.3, -0.25) is 9.00 Å². The van der Waals surface area contributed by atoms with Gasteiger partial charge >= 0.3 is 0 Å². The first-order chi connectivity index (χ1) is 13.1. The number of aryl methyl sites for hydroxylation is 2. The first kappa shape index (κ1) is 18.4. The summed E-state index contributed by atoms with van der Waals surface area (Å²) in [7, 11) is -0.646. The van der Waals surface area contributed by atoms with E-state index in [-0.39, 0.29) is 5.56 Å². The fourth-order valence-corrected chi connectivity index (χ4v) is 5.40. The van der Waals surface area contributed by atoms with Crippen molar-refractivity contribution in [2.75, 3.05) is 18.1 Å². The highest BCUT2D eigenvalue weighted by Crippen LogP contribution is 2.36. The Balaban J connectivity index is 1.56. The van der Waals surface area contributed by atoms with Gasteiger partial charge in [-0.25, -0.2) is 4.39 Å². The summed E-state index contributed by atoms with van der Waals surface area (Å²) in [6, 6.07) is 9.24. The largest absolute Gasteiger partial charge is 0.493 e. The zero-order valence-electron chi connectivity index (χ0n) is 15.2. The van der Waals surface area contributed by atoms with Crippen molar-refractivity contribution in [1.82, 2.24) is 0 Å². The minimum absolute atomic E-state index is 0.108. The fraction of sp³-hybridized carbons (Fsp3) is 0.409. The van der Waals surface area contributed by atoms with Crippen molar-refractivity contribution in [3.63, 3.8) is 0 Å². The standard InChI is InChI=1S/C22H23FO3S/c23-22-12-17-3-1-2-16-10-19(26-14-15-6-8-27(25)9-7-15)4-5-20(16)21(17)11-18(22)13-24/h4-5,10-13,15H,1-3,6-9,14H2. The SMILES string of the molecule is O=Cc1cc2c(cc1F)CCCc1cc(OCC3CCS(=O)CC3)ccc1-2. The lowest BCUT2D eigenvalue weighted by Gasteiger charge is -2.22. The predicted molar refractivity (Wildman–Crippen MR) is 105 cm³/mol. The van der Waals surface area contributed by atoms with E-state index >= 15 is 0 Å². The lowest BCUT2D eigenvalue weighted by atomic mass is 9.94. The molecule has 0 N–H and O–H groups in total. The van der Waals surface area contributed by atoms with E-state index < -0.39 is 16.6 Å². The van der Waals surface area contributed by atoms with Crippen molar-refractivity contribution in [3.8, 4) is 16.9 Å². The van der Waals surface area contributed by atoms with Crippen molar-refractivity contribution < 1.29 is 18.1 Å². The Labute approximate surface area is 161 Å². The molecule has 142 valence electrons. The zero-order valence-corrected chi connectivity index (χ0v) is 16.0. The fourth-order valence-electron chi connectivity index (χ4n) is 4.00. The molecule has 0 unspecified atom stereocenters. The number of aldehydes is 1. The van der Waals surface area contributed by atoms with Crippen molar-refractivity contribution in [1.29, 1.82) is 0 Å². The second kappa shape index (κ2) is 7.93. The van der Waals surface area contributed by atoms with Crippen LogP contribution in [0.1, 0.15) is 40.7 Å². The van der Waals surface area contributed by atoms with Gasteiger partial charge in [0.25, 0.3) is 0 Å². The molecule has 0 spiro atoms. The smallest absolute Gasteiger partial charge is 0.153 e. The number of carbonyl (C=O) groups is 1. The monoisotopic (exact) mass is 386 g/mol. The van der Waals surface area contributed by atoms with Crippen LogP contribution in [-0.2, 0) is 23.6 Å². The number of halogens is 1. The molecular weight excluding hydrogens is 363 g/mol. The van der Waals surface area contributed by atoms with Gasteiger partial charge in [0.1, 0.15) is 11.6 Å². The third-order valence-corrected chi connectivity index (χ3v) is 6.98. The van der Waals surface area contributed by atoms with Crippen LogP contribution in [-0.4, -0.2) is 28.6 Å². The highest BCUT2D eigenvalue weighted by Gasteiger charge is 2.20. The molecule has 27 heavy (non-hydrogen) atoms. The Hall–Kier alpha value is -2.01. The second-order valence-corrected chi connectivity index (χ2v) is 9.12. The third kappa shape index (κ3) is 3.98. The maximum Gasteiger partial charge on any atom is 0.153 e. The Morgan fingerprint density at radius 3 is 2.56 bits per heavy atom. The molecule has 0 saturated carbocycles. The Morgan fingerprint density at radius 2 is 1.81 bits per heavy atom. The predicted octanol–water partition coefficient (Wildman–Crippen LogP) is 4.33. The van der Waals surface area contributed by atoms with Crippen LogP contribution in [0.15, 0.2) is 30.3 Å². The molecule has 0 radical (unpaired) electrons. The molecule has 2 aromatic rings. The van der Waals surface area contributed by atoms with Gasteiger partial charge in [-0.15, -0.1) is 0 Å². The molecule has 1 saturated heterocycles. The van der Waals surface area contributed by atoms with Crippen LogP contribution >= 0.6 is 0 Å². The van der Waals surface area contributed by atoms with E-state index in [4.69, 9.17) is 4.74 Å². The maximum atomic E-state index is 14.0. The van der Waals surface area contributed by atoms with Crippen LogP contribution in [0, 0.1) is 11.7 Å². The number of ether oxygens (including phenoxy) is 1. The van der Waals surface area contributed by atoms with Gasteiger partial charge in [-0.2, -0.15) is 0 Å². The van der Waals surface area contributed by atoms with Crippen LogP contribution in [0.25, 0.3) is 11.1 Å². The molecule has 0 aromatic heterocycles. The number of rotatable bonds is 4. The van der Waals surface area contributed by atoms with Crippen LogP contribution in [0.5, 0.6) is 5.75 Å². The Kier molecular flexibility index (Phi) is 5.39. The lowest BCUT2D eigenvalue weighted by molar-refractivity contribution is 0.112. The quantitative estimate of drug-likeness (QED) is 0.735. The van der Waals surface area contributed by atoms with E-state index in [2.05, 4.69) is 6.07 Å². The zero-order chi connectivity index (χ0) is 18.8. The number of hydrogen-bond acceptors (Lipinski definition) is 3. The highest BCUT2D eigenvalue weighted by atomic mass is 32.2. The summed E-state index contributed by atoms with van der Waals surface area (Å²) in [4.78, 5) is 11.1. The van der Waals surface area contributed by atoms with E-state index in [1.54, 1.807) is 6.07 Å². The van der Waals surface area contributed by atoms with E-state index in [0.717, 1.165) is 66.0 Å². The average molecular weight is 386 g/mol. The van der Waals surface area contributed by atoms with Gasteiger partial charge in [0.05, 0.1) is 12.2 Å². The number of benzene rings is 2. The minimum atomic E-state index is -0.646. The average Bonchev–Trinajstić information content (AvgIpc) is 2.85. The molecule has 3 nitrogen and oxygen atoms in total. The van der Waals surface area contributed by atoms with Crippen LogP contribution in [0.2, 0.25) is 0 Å². The Morgan fingerprint density at radius 1 is 1.07 bits per heavy atom. The first-order valence-electron chi connectivity index (χ1n) is 9.52. The highest BCUT2D eigenvalue weighted by molar-refractivity contribution is 7.85. The second-order valence-electron chi connectivity index (χ2n) is 7.42. The molecule has 2 aliphatic rings. The Bertz CT molecular complexity index is 883. The molecule has 0 atom stereocenters. The summed E-state index contributed by atoms with van der Waals surface area (Å²) < 4.78 is 31.5. The molecule has 0 amide bonds. The van der Waals surface area contributed by atoms with Crippen molar-refractivity contribution in [2.45, 2.75) is 32.1 Å². The summed E-state index contributed by atoms with van der Waals surface area (Å²) in [6.45, 7) is 0.660. The van der Waals surface area contributed by atoms with E-state index in [0.29, 0.717) is 18.8 Å². The first-order valence-corrected chi connectivity index (χ1v) is 11.0. The molecule has 1 aliphatic heterocycles. The van der Waals surface area contributed by atoms with Crippen LogP contribution in [0.3, 0.4) is 0 Å². The van der Waals surface area contributed by atoms with Gasteiger partial charge < -0.3 is 4.74 Å². The summed E-state index contributed by atoms with van der Waals surface area (Å²) in [5.41, 5.74) is 4.26. The summed E-state index contributed by atoms with van der Waals surface area (Å²) in [6.07, 6.45) is 5.15. The van der Waals surface area contributed by atoms with Gasteiger partial charge in [0, 0.05) is 22.3 Å². The maximum absolute atomic E-state index is 14.0. The van der Waals surface area contributed by atoms with E-state index in [1.165, 1.54) is 11.6 Å². The molecule has 1 heterocycles. The van der Waals surface area contributed by atoms with Crippen molar-refractivity contribution >= 4 is 17.1 Å². The lowest BCUT2D eigenvalue weighted by Crippen LogP contribution is -2.23. The van der Waals surface area contributed by atoms with E-state index in [1.807, 2.05) is 12.1 Å². The normalized spacial score (nSPS) is 21.7. The van der Waals surface area contributed by atoms with Gasteiger partial charge in [0.2, 0.25) is 0 Å². The molecule has 0 bridgehead atoms. The molecular formula is C22H23FO3S. The summed E-state index contributed by atoms with van der Waals surface area (Å²) in [5.74, 6) is 2.44. The number of carbonyl (C=O) groups excluding carboxylic acids is 1. The molecule has 5 heteroatoms. The van der Waals surface area contributed by atoms with Gasteiger partial charge in [-0.05, 0) is 84.5 Å². The summed E-state index contributed by atoms with van der Waals surface area (Å²) >= 11 is 0. The van der Waals surface area contributed by atoms with Gasteiger partial charge in [0.15, 0.2) is 6.29 Å². The topological polar surface area (TPSA) is 43.4 Å². The van der Waals surface area contributed by atoms with Crippen molar-refractivity contribution in [3.05, 3.63) is 52.8 Å². The molecule has 1 fully saturated rings. The number of hydrogen-bond donors (Lipinski definition) is 0. The minimum Gasteiger partial charge on any atom is -0.493 e. The van der Waals surface area contributed by atoms with Crippen LogP contribution in [0.4, 0.5) is 4.39 Å². The van der Waals surface area contributed by atoms with Crippen molar-refractivity contribution in [2.24, 2.45) is 5.92 Å².